The molecule has 2 aliphatic rings. The highest BCUT2D eigenvalue weighted by molar-refractivity contribution is 7.89. The molecule has 2 rings (SSSR count). The Morgan fingerprint density at radius 3 is 2.75 bits per heavy atom. The predicted molar refractivity (Wildman–Crippen MR) is 81.3 cm³/mol. The number of rotatable bonds is 5. The van der Waals surface area contributed by atoms with E-state index in [1.165, 1.54) is 4.31 Å². The third kappa shape index (κ3) is 4.21. The average Bonchev–Trinajstić information content (AvgIpc) is 3.00. The van der Waals surface area contributed by atoms with Gasteiger partial charge in [-0.2, -0.15) is 0 Å². The highest BCUT2D eigenvalue weighted by Crippen LogP contribution is 2.12. The van der Waals surface area contributed by atoms with Crippen LogP contribution in [0.25, 0.3) is 0 Å². The van der Waals surface area contributed by atoms with Crippen molar-refractivity contribution in [2.24, 2.45) is 4.99 Å². The van der Waals surface area contributed by atoms with Gasteiger partial charge in [-0.25, -0.2) is 12.7 Å². The predicted octanol–water partition coefficient (Wildman–Crippen LogP) is 0.296. The van der Waals surface area contributed by atoms with Gasteiger partial charge in [0.1, 0.15) is 0 Å². The third-order valence-corrected chi connectivity index (χ3v) is 5.47. The standard InChI is InChI=1S/C13H24N4O2S/c1-2-14-13(16-12-6-3-4-7-12)15-8-10-17-9-5-11-20(17,18)19/h3-4,12H,2,5-11H2,1H3,(H2,14,15,16). The third-order valence-electron chi connectivity index (χ3n) is 3.52. The molecule has 6 nitrogen and oxygen atoms in total. The van der Waals surface area contributed by atoms with E-state index in [4.69, 9.17) is 0 Å². The van der Waals surface area contributed by atoms with Crippen molar-refractivity contribution in [3.8, 4) is 0 Å². The van der Waals surface area contributed by atoms with Gasteiger partial charge in [0.05, 0.1) is 12.3 Å². The van der Waals surface area contributed by atoms with E-state index >= 15 is 0 Å². The number of hydrogen-bond donors (Lipinski definition) is 2. The van der Waals surface area contributed by atoms with Gasteiger partial charge >= 0.3 is 0 Å². The van der Waals surface area contributed by atoms with Crippen molar-refractivity contribution in [2.45, 2.75) is 32.2 Å². The van der Waals surface area contributed by atoms with Gasteiger partial charge in [0.2, 0.25) is 10.0 Å². The van der Waals surface area contributed by atoms with Crippen molar-refractivity contribution in [3.63, 3.8) is 0 Å². The molecule has 0 aromatic rings. The smallest absolute Gasteiger partial charge is 0.214 e. The van der Waals surface area contributed by atoms with Crippen LogP contribution in [-0.4, -0.2) is 56.7 Å². The zero-order valence-electron chi connectivity index (χ0n) is 12.0. The summed E-state index contributed by atoms with van der Waals surface area (Å²) in [5, 5.41) is 6.57. The highest BCUT2D eigenvalue weighted by atomic mass is 32.2. The fraction of sp³-hybridized carbons (Fsp3) is 0.769. The topological polar surface area (TPSA) is 73.8 Å². The van der Waals surface area contributed by atoms with Gasteiger partial charge < -0.3 is 10.6 Å². The van der Waals surface area contributed by atoms with Crippen molar-refractivity contribution < 1.29 is 8.42 Å². The summed E-state index contributed by atoms with van der Waals surface area (Å²) in [6, 6.07) is 0.406. The summed E-state index contributed by atoms with van der Waals surface area (Å²) in [5.74, 6) is 1.06. The first-order chi connectivity index (χ1) is 9.62. The Morgan fingerprint density at radius 2 is 2.15 bits per heavy atom. The van der Waals surface area contributed by atoms with Crippen LogP contribution in [0.3, 0.4) is 0 Å². The molecule has 0 amide bonds. The number of hydrogen-bond acceptors (Lipinski definition) is 3. The Labute approximate surface area is 121 Å². The molecule has 1 heterocycles. The van der Waals surface area contributed by atoms with Gasteiger partial charge in [-0.05, 0) is 26.2 Å². The van der Waals surface area contributed by atoms with Crippen LogP contribution in [0.1, 0.15) is 26.2 Å². The largest absolute Gasteiger partial charge is 0.357 e. The normalized spacial score (nSPS) is 23.4. The quantitative estimate of drug-likeness (QED) is 0.435. The van der Waals surface area contributed by atoms with Crippen molar-refractivity contribution in [3.05, 3.63) is 12.2 Å². The molecule has 0 saturated carbocycles. The Bertz CT molecular complexity index is 465. The van der Waals surface area contributed by atoms with Crippen molar-refractivity contribution in [1.29, 1.82) is 0 Å². The zero-order valence-corrected chi connectivity index (χ0v) is 12.8. The summed E-state index contributed by atoms with van der Waals surface area (Å²) in [6.07, 6.45) is 7.10. The maximum atomic E-state index is 11.7. The van der Waals surface area contributed by atoms with Gasteiger partial charge in [0, 0.05) is 25.7 Å². The second-order valence-corrected chi connectivity index (χ2v) is 7.20. The molecule has 0 aromatic heterocycles. The first-order valence-corrected chi connectivity index (χ1v) is 8.90. The molecule has 0 bridgehead atoms. The summed E-state index contributed by atoms with van der Waals surface area (Å²) in [5.41, 5.74) is 0. The lowest BCUT2D eigenvalue weighted by molar-refractivity contribution is 0.451. The van der Waals surface area contributed by atoms with Crippen LogP contribution in [0.5, 0.6) is 0 Å². The molecule has 1 aliphatic carbocycles. The Kier molecular flexibility index (Phi) is 5.42. The number of nitrogens with zero attached hydrogens (tertiary/aromatic N) is 2. The van der Waals surface area contributed by atoms with E-state index < -0.39 is 10.0 Å². The molecule has 0 atom stereocenters. The molecule has 7 heteroatoms. The molecular weight excluding hydrogens is 276 g/mol. The van der Waals surface area contributed by atoms with Gasteiger partial charge in [-0.1, -0.05) is 12.2 Å². The molecule has 0 unspecified atom stereocenters. The first-order valence-electron chi connectivity index (χ1n) is 7.29. The van der Waals surface area contributed by atoms with Crippen LogP contribution in [-0.2, 0) is 10.0 Å². The summed E-state index contributed by atoms with van der Waals surface area (Å²) in [4.78, 5) is 4.47. The lowest BCUT2D eigenvalue weighted by Crippen LogP contribution is -2.43. The van der Waals surface area contributed by atoms with Crippen LogP contribution >= 0.6 is 0 Å². The van der Waals surface area contributed by atoms with Crippen molar-refractivity contribution in [1.82, 2.24) is 14.9 Å². The maximum absolute atomic E-state index is 11.7. The number of sulfonamides is 1. The van der Waals surface area contributed by atoms with E-state index in [0.29, 0.717) is 25.7 Å². The summed E-state index contributed by atoms with van der Waals surface area (Å²) < 4.78 is 24.9. The summed E-state index contributed by atoms with van der Waals surface area (Å²) >= 11 is 0. The van der Waals surface area contributed by atoms with Gasteiger partial charge in [0.15, 0.2) is 5.96 Å². The van der Waals surface area contributed by atoms with E-state index in [2.05, 4.69) is 27.8 Å². The molecule has 0 aromatic carbocycles. The zero-order chi connectivity index (χ0) is 14.4. The highest BCUT2D eigenvalue weighted by Gasteiger charge is 2.27. The van der Waals surface area contributed by atoms with E-state index in [0.717, 1.165) is 31.8 Å². The molecule has 0 radical (unpaired) electrons. The van der Waals surface area contributed by atoms with E-state index in [1.807, 2.05) is 6.92 Å². The van der Waals surface area contributed by atoms with Crippen molar-refractivity contribution in [2.75, 3.05) is 31.9 Å². The molecule has 20 heavy (non-hydrogen) atoms. The Balaban J connectivity index is 1.82. The average molecular weight is 300 g/mol. The summed E-state index contributed by atoms with van der Waals surface area (Å²) in [6.45, 7) is 4.42. The Hall–Kier alpha value is -1.08. The number of aliphatic imine (C=N–C) groups is 1. The first kappa shape index (κ1) is 15.3. The van der Waals surface area contributed by atoms with Crippen LogP contribution in [0.15, 0.2) is 17.1 Å². The molecule has 0 spiro atoms. The van der Waals surface area contributed by atoms with E-state index in [9.17, 15) is 8.42 Å². The SMILES string of the molecule is CCNC(=NCCN1CCCS1(=O)=O)NC1CC=CC1. The van der Waals surface area contributed by atoms with Crippen LogP contribution in [0, 0.1) is 0 Å². The summed E-state index contributed by atoms with van der Waals surface area (Å²) in [7, 11) is -3.01. The molecule has 114 valence electrons. The van der Waals surface area contributed by atoms with Crippen molar-refractivity contribution >= 4 is 16.0 Å². The van der Waals surface area contributed by atoms with Gasteiger partial charge in [0.25, 0.3) is 0 Å². The van der Waals surface area contributed by atoms with E-state index in [1.54, 1.807) is 0 Å². The second-order valence-electron chi connectivity index (χ2n) is 5.11. The second kappa shape index (κ2) is 7.08. The number of nitrogens with one attached hydrogen (secondary N) is 2. The lowest BCUT2D eigenvalue weighted by Gasteiger charge is -2.17. The minimum Gasteiger partial charge on any atom is -0.357 e. The maximum Gasteiger partial charge on any atom is 0.214 e. The fourth-order valence-electron chi connectivity index (χ4n) is 2.46. The van der Waals surface area contributed by atoms with Gasteiger partial charge in [-0.15, -0.1) is 0 Å². The Morgan fingerprint density at radius 1 is 1.40 bits per heavy atom. The molecular formula is C13H24N4O2S. The van der Waals surface area contributed by atoms with Crippen LogP contribution < -0.4 is 10.6 Å². The molecule has 2 N–H and O–H groups in total. The monoisotopic (exact) mass is 300 g/mol. The lowest BCUT2D eigenvalue weighted by atomic mass is 10.2. The molecule has 1 saturated heterocycles. The van der Waals surface area contributed by atoms with Crippen LogP contribution in [0.4, 0.5) is 0 Å². The minimum atomic E-state index is -3.01. The number of guanidine groups is 1. The molecule has 1 fully saturated rings. The van der Waals surface area contributed by atoms with Crippen LogP contribution in [0.2, 0.25) is 0 Å². The minimum absolute atomic E-state index is 0.281. The fourth-order valence-corrected chi connectivity index (χ4v) is 3.98. The van der Waals surface area contributed by atoms with Gasteiger partial charge in [-0.3, -0.25) is 4.99 Å². The molecule has 1 aliphatic heterocycles. The van der Waals surface area contributed by atoms with E-state index in [-0.39, 0.29) is 5.75 Å².